The lowest BCUT2D eigenvalue weighted by molar-refractivity contribution is -0.158. The van der Waals surface area contributed by atoms with Gasteiger partial charge in [-0.1, -0.05) is 18.2 Å². The minimum atomic E-state index is -3.77. The molecule has 7 nitrogen and oxygen atoms in total. The van der Waals surface area contributed by atoms with Gasteiger partial charge in [0.05, 0.1) is 16.1 Å². The fourth-order valence-corrected chi connectivity index (χ4v) is 3.47. The van der Waals surface area contributed by atoms with E-state index in [1.807, 2.05) is 0 Å². The molecule has 0 amide bonds. The van der Waals surface area contributed by atoms with E-state index >= 15 is 0 Å². The summed E-state index contributed by atoms with van der Waals surface area (Å²) in [6.07, 6.45) is 0. The molecular formula is C20H23NO6S. The molecule has 2 rings (SSSR count). The lowest BCUT2D eigenvalue weighted by Gasteiger charge is -2.19. The van der Waals surface area contributed by atoms with Gasteiger partial charge in [0.1, 0.15) is 5.60 Å². The lowest BCUT2D eigenvalue weighted by atomic mass is 10.2. The van der Waals surface area contributed by atoms with E-state index in [0.29, 0.717) is 5.69 Å². The van der Waals surface area contributed by atoms with E-state index < -0.39 is 34.2 Å². The Morgan fingerprint density at radius 2 is 1.54 bits per heavy atom. The van der Waals surface area contributed by atoms with Crippen molar-refractivity contribution >= 4 is 27.6 Å². The van der Waals surface area contributed by atoms with Gasteiger partial charge in [0.15, 0.2) is 6.61 Å². The first-order valence-corrected chi connectivity index (χ1v) is 9.98. The molecule has 2 aromatic rings. The van der Waals surface area contributed by atoms with Crippen LogP contribution in [0.25, 0.3) is 0 Å². The summed E-state index contributed by atoms with van der Waals surface area (Å²) in [6.45, 7) is 4.60. The Hall–Kier alpha value is -2.87. The summed E-state index contributed by atoms with van der Waals surface area (Å²) < 4.78 is 36.5. The zero-order valence-corrected chi connectivity index (χ0v) is 17.0. The van der Waals surface area contributed by atoms with Crippen molar-refractivity contribution in [1.82, 2.24) is 0 Å². The highest BCUT2D eigenvalue weighted by atomic mass is 32.2. The molecule has 28 heavy (non-hydrogen) atoms. The second-order valence-electron chi connectivity index (χ2n) is 7.00. The molecule has 0 atom stereocenters. The highest BCUT2D eigenvalue weighted by Crippen LogP contribution is 2.22. The zero-order chi connectivity index (χ0) is 20.9. The summed E-state index contributed by atoms with van der Waals surface area (Å²) in [4.78, 5) is 23.7. The number of esters is 2. The van der Waals surface area contributed by atoms with E-state index in [1.165, 1.54) is 31.3 Å². The number of carbonyl (C=O) groups is 2. The number of benzene rings is 2. The largest absolute Gasteiger partial charge is 0.457 e. The van der Waals surface area contributed by atoms with E-state index in [1.54, 1.807) is 51.1 Å². The lowest BCUT2D eigenvalue weighted by Crippen LogP contribution is -2.27. The number of para-hydroxylation sites is 1. The zero-order valence-electron chi connectivity index (χ0n) is 16.2. The van der Waals surface area contributed by atoms with Crippen molar-refractivity contribution in [3.63, 3.8) is 0 Å². The third-order valence-corrected chi connectivity index (χ3v) is 5.41. The second-order valence-corrected chi connectivity index (χ2v) is 8.96. The van der Waals surface area contributed by atoms with Crippen LogP contribution in [0.3, 0.4) is 0 Å². The molecule has 0 fully saturated rings. The highest BCUT2D eigenvalue weighted by Gasteiger charge is 2.22. The number of nitrogens with zero attached hydrogens (tertiary/aromatic N) is 1. The topological polar surface area (TPSA) is 90.0 Å². The van der Waals surface area contributed by atoms with Gasteiger partial charge in [0.2, 0.25) is 0 Å². The first kappa shape index (κ1) is 21.4. The molecule has 0 heterocycles. The molecule has 0 aliphatic heterocycles. The maximum absolute atomic E-state index is 12.7. The summed E-state index contributed by atoms with van der Waals surface area (Å²) in [5, 5.41) is 0. The van der Waals surface area contributed by atoms with Crippen LogP contribution in [0.15, 0.2) is 59.5 Å². The number of carbonyl (C=O) groups excluding carboxylic acids is 2. The van der Waals surface area contributed by atoms with Crippen LogP contribution in [0.4, 0.5) is 5.69 Å². The molecule has 0 N–H and O–H groups in total. The Balaban J connectivity index is 2.06. The maximum atomic E-state index is 12.7. The average molecular weight is 405 g/mol. The first-order valence-electron chi connectivity index (χ1n) is 8.54. The average Bonchev–Trinajstić information content (AvgIpc) is 2.65. The van der Waals surface area contributed by atoms with Crippen molar-refractivity contribution in [3.05, 3.63) is 60.2 Å². The van der Waals surface area contributed by atoms with E-state index in [2.05, 4.69) is 0 Å². The van der Waals surface area contributed by atoms with Gasteiger partial charge >= 0.3 is 11.9 Å². The molecule has 0 saturated carbocycles. The highest BCUT2D eigenvalue weighted by molar-refractivity contribution is 7.92. The molecule has 0 saturated heterocycles. The van der Waals surface area contributed by atoms with Crippen molar-refractivity contribution < 1.29 is 27.5 Å². The van der Waals surface area contributed by atoms with Crippen LogP contribution in [0.2, 0.25) is 0 Å². The minimum Gasteiger partial charge on any atom is -0.457 e. The summed E-state index contributed by atoms with van der Waals surface area (Å²) in [5.41, 5.74) is -0.0298. The van der Waals surface area contributed by atoms with Crippen molar-refractivity contribution in [2.24, 2.45) is 0 Å². The second kappa shape index (κ2) is 8.43. The van der Waals surface area contributed by atoms with Gasteiger partial charge < -0.3 is 9.47 Å². The summed E-state index contributed by atoms with van der Waals surface area (Å²) >= 11 is 0. The predicted molar refractivity (Wildman–Crippen MR) is 105 cm³/mol. The third-order valence-electron chi connectivity index (χ3n) is 3.61. The van der Waals surface area contributed by atoms with Crippen LogP contribution in [-0.2, 0) is 24.3 Å². The molecule has 0 aliphatic rings. The molecule has 0 aromatic heterocycles. The number of hydrogen-bond acceptors (Lipinski definition) is 6. The quantitative estimate of drug-likeness (QED) is 0.686. The molecular weight excluding hydrogens is 382 g/mol. The molecule has 8 heteroatoms. The van der Waals surface area contributed by atoms with Gasteiger partial charge in [-0.05, 0) is 57.2 Å². The van der Waals surface area contributed by atoms with Gasteiger partial charge in [-0.15, -0.1) is 0 Å². The number of anilines is 1. The molecule has 0 bridgehead atoms. The van der Waals surface area contributed by atoms with Crippen LogP contribution < -0.4 is 4.31 Å². The molecule has 0 aliphatic carbocycles. The fraction of sp³-hybridized carbons (Fsp3) is 0.300. The molecule has 0 radical (unpaired) electrons. The van der Waals surface area contributed by atoms with Gasteiger partial charge in [-0.2, -0.15) is 0 Å². The van der Waals surface area contributed by atoms with Crippen molar-refractivity contribution in [3.8, 4) is 0 Å². The van der Waals surface area contributed by atoms with E-state index in [9.17, 15) is 18.0 Å². The summed E-state index contributed by atoms with van der Waals surface area (Å²) in [5.74, 6) is -1.41. The van der Waals surface area contributed by atoms with Gasteiger partial charge in [-0.25, -0.2) is 18.0 Å². The minimum absolute atomic E-state index is 0.0301. The van der Waals surface area contributed by atoms with Gasteiger partial charge in [-0.3, -0.25) is 4.31 Å². The van der Waals surface area contributed by atoms with Crippen LogP contribution in [0, 0.1) is 0 Å². The molecule has 0 unspecified atom stereocenters. The number of hydrogen-bond donors (Lipinski definition) is 0. The fourth-order valence-electron chi connectivity index (χ4n) is 2.28. The smallest absolute Gasteiger partial charge is 0.344 e. The predicted octanol–water partition coefficient (Wildman–Crippen LogP) is 3.01. The maximum Gasteiger partial charge on any atom is 0.344 e. The molecule has 150 valence electrons. The normalized spacial score (nSPS) is 11.6. The number of ether oxygens (including phenoxy) is 2. The Kier molecular flexibility index (Phi) is 6.45. The van der Waals surface area contributed by atoms with Crippen LogP contribution >= 0.6 is 0 Å². The SMILES string of the molecule is CN(c1ccccc1)S(=O)(=O)c1ccc(C(=O)OCC(=O)OC(C)(C)C)cc1. The summed E-state index contributed by atoms with van der Waals surface area (Å²) in [6, 6.07) is 13.9. The van der Waals surface area contributed by atoms with Crippen LogP contribution in [-0.4, -0.2) is 39.6 Å². The van der Waals surface area contributed by atoms with Gasteiger partial charge in [0.25, 0.3) is 10.0 Å². The monoisotopic (exact) mass is 405 g/mol. The van der Waals surface area contributed by atoms with Crippen molar-refractivity contribution in [1.29, 1.82) is 0 Å². The van der Waals surface area contributed by atoms with E-state index in [-0.39, 0.29) is 10.5 Å². The van der Waals surface area contributed by atoms with Crippen LogP contribution in [0.1, 0.15) is 31.1 Å². The third kappa shape index (κ3) is 5.56. The summed E-state index contributed by atoms with van der Waals surface area (Å²) in [7, 11) is -2.32. The molecule has 0 spiro atoms. The Labute approximate surface area is 164 Å². The van der Waals surface area contributed by atoms with Crippen LogP contribution in [0.5, 0.6) is 0 Å². The van der Waals surface area contributed by atoms with E-state index in [0.717, 1.165) is 4.31 Å². The standard InChI is InChI=1S/C20H23NO6S/c1-20(2,3)27-18(22)14-26-19(23)15-10-12-17(13-11-15)28(24,25)21(4)16-8-6-5-7-9-16/h5-13H,14H2,1-4H3. The van der Waals surface area contributed by atoms with Gasteiger partial charge in [0, 0.05) is 7.05 Å². The number of rotatable bonds is 6. The Bertz CT molecular complexity index is 931. The molecule has 2 aromatic carbocycles. The first-order chi connectivity index (χ1) is 13.0. The van der Waals surface area contributed by atoms with Crippen molar-refractivity contribution in [2.75, 3.05) is 18.0 Å². The Morgan fingerprint density at radius 1 is 0.964 bits per heavy atom. The van der Waals surface area contributed by atoms with Crippen molar-refractivity contribution in [2.45, 2.75) is 31.3 Å². The Morgan fingerprint density at radius 3 is 2.07 bits per heavy atom. The number of sulfonamides is 1. The van der Waals surface area contributed by atoms with E-state index in [4.69, 9.17) is 9.47 Å².